The van der Waals surface area contributed by atoms with Gasteiger partial charge in [0, 0.05) is 57.7 Å². The van der Waals surface area contributed by atoms with E-state index in [-0.39, 0.29) is 5.91 Å². The fraction of sp³-hybridized carbons (Fsp3) is 0.538. The number of allylic oxidation sites excluding steroid dienone is 2. The first-order valence-electron chi connectivity index (χ1n) is 12.1. The zero-order valence-corrected chi connectivity index (χ0v) is 20.3. The maximum Gasteiger partial charge on any atom is 0.252 e. The average molecular weight is 454 g/mol. The maximum atomic E-state index is 11.8. The Balaban J connectivity index is 1.53. The average Bonchev–Trinajstić information content (AvgIpc) is 2.84. The fourth-order valence-corrected chi connectivity index (χ4v) is 5.01. The van der Waals surface area contributed by atoms with Gasteiger partial charge in [-0.2, -0.15) is 0 Å². The summed E-state index contributed by atoms with van der Waals surface area (Å²) in [6.07, 6.45) is 8.53. The van der Waals surface area contributed by atoms with Gasteiger partial charge in [0.1, 0.15) is 5.75 Å². The molecule has 0 aliphatic carbocycles. The van der Waals surface area contributed by atoms with Crippen LogP contribution in [0.15, 0.2) is 47.7 Å². The third-order valence-electron chi connectivity index (χ3n) is 6.81. The molecule has 180 valence electrons. The van der Waals surface area contributed by atoms with Gasteiger partial charge < -0.3 is 20.7 Å². The van der Waals surface area contributed by atoms with Gasteiger partial charge in [0.2, 0.25) is 0 Å². The molecule has 1 aromatic rings. The molecule has 0 aromatic heterocycles. The minimum absolute atomic E-state index is 0.231. The Morgan fingerprint density at radius 3 is 2.48 bits per heavy atom. The Hall–Kier alpha value is -2.64. The van der Waals surface area contributed by atoms with E-state index in [1.165, 1.54) is 18.4 Å². The number of carbonyl (C=O) groups is 1. The van der Waals surface area contributed by atoms with Crippen molar-refractivity contribution in [3.05, 3.63) is 53.3 Å². The molecule has 0 radical (unpaired) electrons. The standard InChI is InChI=1S/C26H39N5O2/c1-4-23-19-30(17-20(2)15-22(16-27)26(33)28-3)13-14-31(23)24-9-11-29(12-10-24)18-21-5-7-25(32)8-6-21/h5-8,15-17,23-24,27,32H,4,9-14,18-19H2,1-3H3,(H,28,33)/b20-17+,22-15+,27-16?. The fourth-order valence-electron chi connectivity index (χ4n) is 5.01. The molecule has 3 N–H and O–H groups in total. The first-order chi connectivity index (χ1) is 15.9. The first kappa shape index (κ1) is 25.0. The molecule has 7 heteroatoms. The summed E-state index contributed by atoms with van der Waals surface area (Å²) in [4.78, 5) is 19.4. The number of hydrogen-bond donors (Lipinski definition) is 3. The minimum atomic E-state index is -0.231. The van der Waals surface area contributed by atoms with Crippen molar-refractivity contribution < 1.29 is 9.90 Å². The first-order valence-corrected chi connectivity index (χ1v) is 12.1. The zero-order valence-electron chi connectivity index (χ0n) is 20.3. The van der Waals surface area contributed by atoms with Gasteiger partial charge in [-0.1, -0.05) is 19.1 Å². The van der Waals surface area contributed by atoms with Gasteiger partial charge in [-0.05, 0) is 68.6 Å². The molecule has 2 aliphatic rings. The molecule has 1 amide bonds. The van der Waals surface area contributed by atoms with E-state index in [1.54, 1.807) is 25.3 Å². The molecule has 2 aliphatic heterocycles. The van der Waals surface area contributed by atoms with Crippen molar-refractivity contribution in [1.82, 2.24) is 20.0 Å². The number of amides is 1. The van der Waals surface area contributed by atoms with Crippen LogP contribution in [0.4, 0.5) is 0 Å². The van der Waals surface area contributed by atoms with Crippen molar-refractivity contribution >= 4 is 12.1 Å². The molecule has 0 spiro atoms. The second-order valence-corrected chi connectivity index (χ2v) is 9.16. The van der Waals surface area contributed by atoms with E-state index < -0.39 is 0 Å². The predicted octanol–water partition coefficient (Wildman–Crippen LogP) is 2.98. The number of aromatic hydroxyl groups is 1. The highest BCUT2D eigenvalue weighted by Crippen LogP contribution is 2.25. The maximum absolute atomic E-state index is 11.8. The second-order valence-electron chi connectivity index (χ2n) is 9.16. The summed E-state index contributed by atoms with van der Waals surface area (Å²) in [5, 5.41) is 19.5. The lowest BCUT2D eigenvalue weighted by atomic mass is 9.98. The van der Waals surface area contributed by atoms with Crippen molar-refractivity contribution in [3.8, 4) is 5.75 Å². The second kappa shape index (κ2) is 12.0. The molecular formula is C26H39N5O2. The van der Waals surface area contributed by atoms with Crippen LogP contribution in [0.3, 0.4) is 0 Å². The highest BCUT2D eigenvalue weighted by atomic mass is 16.3. The molecule has 2 fully saturated rings. The summed E-state index contributed by atoms with van der Waals surface area (Å²) < 4.78 is 0. The van der Waals surface area contributed by atoms with Gasteiger partial charge in [0.05, 0.1) is 5.57 Å². The van der Waals surface area contributed by atoms with E-state index in [0.717, 1.165) is 57.5 Å². The lowest BCUT2D eigenvalue weighted by molar-refractivity contribution is -0.116. The zero-order chi connectivity index (χ0) is 23.8. The number of piperidine rings is 1. The Morgan fingerprint density at radius 2 is 1.88 bits per heavy atom. The SMILES string of the molecule is CCC1CN(/C=C(C)/C=C(\C=N)C(=O)NC)CCN1C1CCN(Cc2ccc(O)cc2)CC1. The van der Waals surface area contributed by atoms with Crippen LogP contribution < -0.4 is 5.32 Å². The van der Waals surface area contributed by atoms with Gasteiger partial charge >= 0.3 is 0 Å². The number of nitrogens with zero attached hydrogens (tertiary/aromatic N) is 3. The molecule has 0 bridgehead atoms. The lowest BCUT2D eigenvalue weighted by Crippen LogP contribution is -2.57. The van der Waals surface area contributed by atoms with Crippen LogP contribution in [0.2, 0.25) is 0 Å². The number of benzene rings is 1. The van der Waals surface area contributed by atoms with Crippen molar-refractivity contribution in [2.45, 2.75) is 51.7 Å². The van der Waals surface area contributed by atoms with E-state index >= 15 is 0 Å². The minimum Gasteiger partial charge on any atom is -0.508 e. The third-order valence-corrected chi connectivity index (χ3v) is 6.81. The highest BCUT2D eigenvalue weighted by Gasteiger charge is 2.32. The van der Waals surface area contributed by atoms with Crippen LogP contribution in [0.25, 0.3) is 0 Å². The van der Waals surface area contributed by atoms with Crippen LogP contribution in [-0.2, 0) is 11.3 Å². The number of rotatable bonds is 8. The Bertz CT molecular complexity index is 856. The molecule has 1 unspecified atom stereocenters. The van der Waals surface area contributed by atoms with Crippen LogP contribution in [0, 0.1) is 5.41 Å². The molecule has 2 saturated heterocycles. The molecule has 1 aromatic carbocycles. The number of hydrogen-bond acceptors (Lipinski definition) is 6. The third kappa shape index (κ3) is 6.92. The van der Waals surface area contributed by atoms with Crippen molar-refractivity contribution in [2.24, 2.45) is 0 Å². The van der Waals surface area contributed by atoms with Gasteiger partial charge in [-0.15, -0.1) is 0 Å². The number of likely N-dealkylation sites (N-methyl/N-ethyl adjacent to an activating group) is 1. The quantitative estimate of drug-likeness (QED) is 0.320. The van der Waals surface area contributed by atoms with Crippen LogP contribution in [0.5, 0.6) is 5.75 Å². The molecule has 1 atom stereocenters. The molecule has 33 heavy (non-hydrogen) atoms. The Labute approximate surface area is 198 Å². The molecule has 2 heterocycles. The Kier molecular flexibility index (Phi) is 9.09. The van der Waals surface area contributed by atoms with E-state index in [1.807, 2.05) is 19.1 Å². The normalized spacial score (nSPS) is 21.8. The molecule has 7 nitrogen and oxygen atoms in total. The van der Waals surface area contributed by atoms with Gasteiger partial charge in [-0.3, -0.25) is 14.6 Å². The summed E-state index contributed by atoms with van der Waals surface area (Å²) in [6, 6.07) is 8.72. The van der Waals surface area contributed by atoms with E-state index in [4.69, 9.17) is 5.41 Å². The summed E-state index contributed by atoms with van der Waals surface area (Å²) in [5.41, 5.74) is 2.61. The topological polar surface area (TPSA) is 82.9 Å². The highest BCUT2D eigenvalue weighted by molar-refractivity contribution is 6.11. The molecular weight excluding hydrogens is 414 g/mol. The number of likely N-dealkylation sites (tertiary alicyclic amines) is 1. The molecule has 0 saturated carbocycles. The summed E-state index contributed by atoms with van der Waals surface area (Å²) in [5.74, 6) is 0.0932. The van der Waals surface area contributed by atoms with Crippen LogP contribution >= 0.6 is 0 Å². The summed E-state index contributed by atoms with van der Waals surface area (Å²) in [7, 11) is 1.58. The van der Waals surface area contributed by atoms with Crippen LogP contribution in [0.1, 0.15) is 38.7 Å². The van der Waals surface area contributed by atoms with Crippen molar-refractivity contribution in [1.29, 1.82) is 5.41 Å². The van der Waals surface area contributed by atoms with Gasteiger partial charge in [0.15, 0.2) is 0 Å². The predicted molar refractivity (Wildman–Crippen MR) is 133 cm³/mol. The number of carbonyl (C=O) groups excluding carboxylic acids is 1. The van der Waals surface area contributed by atoms with E-state index in [0.29, 0.717) is 23.4 Å². The largest absolute Gasteiger partial charge is 0.508 e. The van der Waals surface area contributed by atoms with Gasteiger partial charge in [-0.25, -0.2) is 0 Å². The van der Waals surface area contributed by atoms with Crippen LogP contribution in [-0.4, -0.2) is 83.8 Å². The van der Waals surface area contributed by atoms with Crippen molar-refractivity contribution in [3.63, 3.8) is 0 Å². The van der Waals surface area contributed by atoms with E-state index in [9.17, 15) is 9.90 Å². The Morgan fingerprint density at radius 1 is 1.18 bits per heavy atom. The van der Waals surface area contributed by atoms with E-state index in [2.05, 4.69) is 33.1 Å². The number of nitrogens with one attached hydrogen (secondary N) is 2. The number of phenolic OH excluding ortho intramolecular Hbond substituents is 1. The monoisotopic (exact) mass is 453 g/mol. The smallest absolute Gasteiger partial charge is 0.252 e. The summed E-state index contributed by atoms with van der Waals surface area (Å²) >= 11 is 0. The van der Waals surface area contributed by atoms with Crippen molar-refractivity contribution in [2.75, 3.05) is 39.8 Å². The number of phenols is 1. The van der Waals surface area contributed by atoms with Gasteiger partial charge in [0.25, 0.3) is 5.91 Å². The lowest BCUT2D eigenvalue weighted by Gasteiger charge is -2.47. The summed E-state index contributed by atoms with van der Waals surface area (Å²) in [6.45, 7) is 10.5. The number of piperazine rings is 1. The molecule has 3 rings (SSSR count).